The van der Waals surface area contributed by atoms with Crippen LogP contribution in [-0.4, -0.2) is 34.5 Å². The Hall–Kier alpha value is -3.13. The van der Waals surface area contributed by atoms with E-state index in [1.54, 1.807) is 0 Å². The third-order valence-electron chi connectivity index (χ3n) is 4.67. The van der Waals surface area contributed by atoms with Gasteiger partial charge in [0.2, 0.25) is 5.13 Å². The summed E-state index contributed by atoms with van der Waals surface area (Å²) in [5, 5.41) is 17.5. The van der Waals surface area contributed by atoms with Crippen molar-refractivity contribution in [3.05, 3.63) is 70.4 Å². The van der Waals surface area contributed by atoms with Gasteiger partial charge in [-0.3, -0.25) is 0 Å². The largest absolute Gasteiger partial charge is 0.478 e. The number of hydrogen-bond acceptors (Lipinski definition) is 5. The van der Waals surface area contributed by atoms with Crippen LogP contribution < -0.4 is 5.01 Å². The molecule has 148 valence electrons. The van der Waals surface area contributed by atoms with Crippen LogP contribution in [0.3, 0.4) is 0 Å². The summed E-state index contributed by atoms with van der Waals surface area (Å²) in [6.07, 6.45) is 0.610. The molecule has 29 heavy (non-hydrogen) atoms. The molecule has 1 heterocycles. The van der Waals surface area contributed by atoms with Gasteiger partial charge >= 0.3 is 5.97 Å². The second-order valence-corrected chi connectivity index (χ2v) is 7.61. The van der Waals surface area contributed by atoms with Crippen LogP contribution in [0, 0.1) is 12.7 Å². The number of carbonyl (C=O) groups is 1. The van der Waals surface area contributed by atoms with Crippen molar-refractivity contribution in [1.29, 1.82) is 0 Å². The number of benzene rings is 2. The number of anilines is 1. The predicted octanol–water partition coefficient (Wildman–Crippen LogP) is 4.91. The maximum absolute atomic E-state index is 13.8. The smallest absolute Gasteiger partial charge is 0.336 e. The number of thiazole rings is 1. The molecule has 1 N–H and O–H groups in total. The Balaban J connectivity index is 1.66. The van der Waals surface area contributed by atoms with Crippen LogP contribution in [0.1, 0.15) is 27.9 Å². The minimum Gasteiger partial charge on any atom is -0.478 e. The summed E-state index contributed by atoms with van der Waals surface area (Å²) in [4.78, 5) is 16.0. The fourth-order valence-electron chi connectivity index (χ4n) is 2.99. The average Bonchev–Trinajstić information content (AvgIpc) is 3.21. The normalized spacial score (nSPS) is 18.2. The molecule has 1 fully saturated rings. The van der Waals surface area contributed by atoms with Crippen molar-refractivity contribution in [2.24, 2.45) is 5.10 Å². The van der Waals surface area contributed by atoms with Gasteiger partial charge in [0.1, 0.15) is 12.0 Å². The van der Waals surface area contributed by atoms with Gasteiger partial charge in [-0.15, -0.1) is 11.3 Å². The van der Waals surface area contributed by atoms with Crippen LogP contribution in [-0.2, 0) is 0 Å². The molecule has 0 saturated heterocycles. The van der Waals surface area contributed by atoms with Crippen LogP contribution in [0.25, 0.3) is 11.3 Å². The van der Waals surface area contributed by atoms with Gasteiger partial charge in [-0.05, 0) is 30.7 Å². The quantitative estimate of drug-likeness (QED) is 0.461. The number of carboxylic acid groups (broad SMARTS) is 1. The van der Waals surface area contributed by atoms with Crippen molar-refractivity contribution in [3.63, 3.8) is 0 Å². The van der Waals surface area contributed by atoms with E-state index in [0.717, 1.165) is 29.0 Å². The molecule has 1 aliphatic rings. The van der Waals surface area contributed by atoms with Crippen LogP contribution in [0.4, 0.5) is 13.9 Å². The highest BCUT2D eigenvalue weighted by molar-refractivity contribution is 7.14. The number of aromatic carboxylic acids is 1. The first-order chi connectivity index (χ1) is 13.9. The number of carboxylic acids is 1. The zero-order chi connectivity index (χ0) is 20.5. The first-order valence-corrected chi connectivity index (χ1v) is 9.83. The van der Waals surface area contributed by atoms with E-state index in [0.29, 0.717) is 11.6 Å². The van der Waals surface area contributed by atoms with E-state index in [1.807, 2.05) is 36.6 Å². The molecule has 0 spiro atoms. The van der Waals surface area contributed by atoms with Crippen molar-refractivity contribution in [3.8, 4) is 11.3 Å². The Morgan fingerprint density at radius 2 is 2.10 bits per heavy atom. The molecule has 2 unspecified atom stereocenters. The Labute approximate surface area is 170 Å². The Kier molecular flexibility index (Phi) is 5.10. The lowest BCUT2D eigenvalue weighted by atomic mass is 10.1. The zero-order valence-electron chi connectivity index (χ0n) is 15.4. The first-order valence-electron chi connectivity index (χ1n) is 8.95. The molecule has 5 nitrogen and oxygen atoms in total. The van der Waals surface area contributed by atoms with Gasteiger partial charge in [-0.25, -0.2) is 23.6 Å². The number of hydrogen-bond donors (Lipinski definition) is 1. The second-order valence-electron chi connectivity index (χ2n) is 6.78. The molecule has 1 saturated carbocycles. The van der Waals surface area contributed by atoms with Gasteiger partial charge in [-0.2, -0.15) is 5.10 Å². The number of aromatic nitrogens is 1. The predicted molar refractivity (Wildman–Crippen MR) is 109 cm³/mol. The molecule has 2 aromatic carbocycles. The molecular formula is C21H17F2N3O2S. The van der Waals surface area contributed by atoms with Gasteiger partial charge < -0.3 is 5.11 Å². The first kappa shape index (κ1) is 19.2. The maximum atomic E-state index is 13.8. The lowest BCUT2D eigenvalue weighted by Gasteiger charge is -2.15. The topological polar surface area (TPSA) is 65.8 Å². The molecule has 8 heteroatoms. The molecule has 2 atom stereocenters. The molecule has 0 radical (unpaired) electrons. The van der Waals surface area contributed by atoms with E-state index < -0.39 is 24.0 Å². The summed E-state index contributed by atoms with van der Waals surface area (Å²) < 4.78 is 27.2. The van der Waals surface area contributed by atoms with E-state index in [4.69, 9.17) is 0 Å². The van der Waals surface area contributed by atoms with Gasteiger partial charge in [0, 0.05) is 22.9 Å². The number of halogens is 2. The average molecular weight is 413 g/mol. The van der Waals surface area contributed by atoms with E-state index >= 15 is 0 Å². The number of aryl methyl sites for hydroxylation is 1. The monoisotopic (exact) mass is 413 g/mol. The van der Waals surface area contributed by atoms with Gasteiger partial charge in [0.25, 0.3) is 0 Å². The fourth-order valence-corrected chi connectivity index (χ4v) is 3.82. The summed E-state index contributed by atoms with van der Waals surface area (Å²) >= 11 is 1.34. The van der Waals surface area contributed by atoms with Gasteiger partial charge in [-0.1, -0.05) is 24.3 Å². The molecule has 1 aromatic heterocycles. The molecule has 4 rings (SSSR count). The SMILES string of the molecule is Cc1ccccc1-c1csc(N(/N=C/c2ccc(F)cc2C(=O)O)C2CC2F)n1. The van der Waals surface area contributed by atoms with Crippen LogP contribution in [0.5, 0.6) is 0 Å². The highest BCUT2D eigenvalue weighted by Crippen LogP contribution is 2.38. The van der Waals surface area contributed by atoms with Crippen molar-refractivity contribution < 1.29 is 18.7 Å². The number of rotatable bonds is 6. The minimum atomic E-state index is -1.26. The molecule has 0 bridgehead atoms. The third kappa shape index (κ3) is 4.02. The van der Waals surface area contributed by atoms with Gasteiger partial charge in [0.05, 0.1) is 23.5 Å². The summed E-state index contributed by atoms with van der Waals surface area (Å²) in [5.74, 6) is -1.91. The molecule has 3 aromatic rings. The number of nitrogens with zero attached hydrogens (tertiary/aromatic N) is 3. The van der Waals surface area contributed by atoms with Crippen LogP contribution >= 0.6 is 11.3 Å². The highest BCUT2D eigenvalue weighted by atomic mass is 32.1. The molecule has 1 aliphatic carbocycles. The minimum absolute atomic E-state index is 0.207. The summed E-state index contributed by atoms with van der Waals surface area (Å²) in [6.45, 7) is 1.99. The zero-order valence-corrected chi connectivity index (χ0v) is 16.2. The standard InChI is InChI=1S/C21H17F2N3O2S/c1-12-4-2-3-5-15(12)18-11-29-21(25-18)26(19-9-17(19)23)24-10-13-6-7-14(22)8-16(13)20(27)28/h2-8,10-11,17,19H,9H2,1H3,(H,27,28)/b24-10+. The third-order valence-corrected chi connectivity index (χ3v) is 5.50. The highest BCUT2D eigenvalue weighted by Gasteiger charge is 2.44. The van der Waals surface area contributed by atoms with Crippen LogP contribution in [0.2, 0.25) is 0 Å². The summed E-state index contributed by atoms with van der Waals surface area (Å²) in [7, 11) is 0. The molecule has 0 aliphatic heterocycles. The Bertz CT molecular complexity index is 1100. The number of hydrazone groups is 1. The fraction of sp³-hybridized carbons (Fsp3) is 0.190. The maximum Gasteiger partial charge on any atom is 0.336 e. The van der Waals surface area contributed by atoms with E-state index in [2.05, 4.69) is 10.1 Å². The lowest BCUT2D eigenvalue weighted by molar-refractivity contribution is 0.0696. The van der Waals surface area contributed by atoms with Crippen molar-refractivity contribution in [2.45, 2.75) is 25.6 Å². The van der Waals surface area contributed by atoms with E-state index in [9.17, 15) is 18.7 Å². The molecule has 0 amide bonds. The van der Waals surface area contributed by atoms with Crippen molar-refractivity contribution >= 4 is 28.7 Å². The van der Waals surface area contributed by atoms with Gasteiger partial charge in [0.15, 0.2) is 0 Å². The Morgan fingerprint density at radius 1 is 1.34 bits per heavy atom. The van der Waals surface area contributed by atoms with Crippen LogP contribution in [0.15, 0.2) is 52.9 Å². The van der Waals surface area contributed by atoms with E-state index in [1.165, 1.54) is 28.6 Å². The lowest BCUT2D eigenvalue weighted by Crippen LogP contribution is -2.21. The second kappa shape index (κ2) is 7.71. The van der Waals surface area contributed by atoms with Crippen molar-refractivity contribution in [2.75, 3.05) is 5.01 Å². The molecular weight excluding hydrogens is 396 g/mol. The number of alkyl halides is 1. The van der Waals surface area contributed by atoms with Crippen molar-refractivity contribution in [1.82, 2.24) is 4.98 Å². The Morgan fingerprint density at radius 3 is 2.79 bits per heavy atom. The summed E-state index contributed by atoms with van der Waals surface area (Å²) in [6, 6.07) is 10.8. The summed E-state index contributed by atoms with van der Waals surface area (Å²) in [5.41, 5.74) is 2.86. The van der Waals surface area contributed by atoms with E-state index in [-0.39, 0.29) is 11.1 Å².